The van der Waals surface area contributed by atoms with Gasteiger partial charge in [-0.3, -0.25) is 14.5 Å². The Labute approximate surface area is 192 Å². The summed E-state index contributed by atoms with van der Waals surface area (Å²) < 4.78 is 14.5. The number of piperazine rings is 1. The second kappa shape index (κ2) is 9.05. The monoisotopic (exact) mass is 475 g/mol. The minimum absolute atomic E-state index is 0.160. The second-order valence-electron chi connectivity index (χ2n) is 7.15. The van der Waals surface area contributed by atoms with Crippen LogP contribution in [0.3, 0.4) is 0 Å². The van der Waals surface area contributed by atoms with Crippen molar-refractivity contribution in [2.75, 3.05) is 18.0 Å². The van der Waals surface area contributed by atoms with Gasteiger partial charge in [-0.25, -0.2) is 9.07 Å². The summed E-state index contributed by atoms with van der Waals surface area (Å²) in [5.74, 6) is -1.21. The fourth-order valence-electron chi connectivity index (χ4n) is 3.52. The van der Waals surface area contributed by atoms with E-state index in [-0.39, 0.29) is 24.7 Å². The third-order valence-corrected chi connectivity index (χ3v) is 5.48. The first-order valence-corrected chi connectivity index (χ1v) is 10.3. The predicted octanol–water partition coefficient (Wildman–Crippen LogP) is 2.70. The number of nitrogens with zero attached hydrogens (tertiary/aromatic N) is 5. The van der Waals surface area contributed by atoms with Crippen molar-refractivity contribution in [3.63, 3.8) is 0 Å². The van der Waals surface area contributed by atoms with E-state index in [1.54, 1.807) is 18.2 Å². The van der Waals surface area contributed by atoms with Crippen molar-refractivity contribution in [3.05, 3.63) is 70.2 Å². The Kier molecular flexibility index (Phi) is 6.20. The number of rotatable bonds is 6. The topological polar surface area (TPSA) is 88.4 Å². The van der Waals surface area contributed by atoms with Crippen molar-refractivity contribution in [2.24, 2.45) is 0 Å². The molecule has 1 aromatic heterocycles. The third kappa shape index (κ3) is 4.49. The molecule has 8 nitrogen and oxygen atoms in total. The van der Waals surface area contributed by atoms with E-state index in [4.69, 9.17) is 23.2 Å². The molecule has 1 aliphatic heterocycles. The molecular formula is C21H16Cl2FN5O3. The molecule has 1 saturated heterocycles. The van der Waals surface area contributed by atoms with Gasteiger partial charge in [-0.05, 0) is 42.3 Å². The lowest BCUT2D eigenvalue weighted by Gasteiger charge is -2.37. The molecule has 4 rings (SSSR count). The molecule has 1 atom stereocenters. The van der Waals surface area contributed by atoms with Gasteiger partial charge in [0.25, 0.3) is 0 Å². The number of amides is 2. The molecule has 0 bridgehead atoms. The number of aromatic nitrogens is 3. The zero-order chi connectivity index (χ0) is 22.8. The molecule has 164 valence electrons. The van der Waals surface area contributed by atoms with E-state index in [0.717, 1.165) is 0 Å². The first-order valence-electron chi connectivity index (χ1n) is 9.53. The molecule has 1 fully saturated rings. The smallest absolute Gasteiger partial charge is 0.247 e. The lowest BCUT2D eigenvalue weighted by molar-refractivity contribution is -0.142. The Morgan fingerprint density at radius 3 is 2.44 bits per heavy atom. The van der Waals surface area contributed by atoms with Crippen LogP contribution < -0.4 is 4.90 Å². The van der Waals surface area contributed by atoms with Gasteiger partial charge in [0.2, 0.25) is 11.8 Å². The fourth-order valence-corrected chi connectivity index (χ4v) is 3.81. The molecule has 0 saturated carbocycles. The summed E-state index contributed by atoms with van der Waals surface area (Å²) >= 11 is 12.0. The van der Waals surface area contributed by atoms with Gasteiger partial charge in [0.05, 0.1) is 23.6 Å². The number of hydrogen-bond acceptors (Lipinski definition) is 5. The van der Waals surface area contributed by atoms with E-state index >= 15 is 0 Å². The Morgan fingerprint density at radius 2 is 1.78 bits per heavy atom. The summed E-state index contributed by atoms with van der Waals surface area (Å²) in [4.78, 5) is 40.2. The largest absolute Gasteiger partial charge is 0.322 e. The SMILES string of the molecule is O=CC(Cc1ccc(F)cc1)N1CC(=O)N(c2cc(Cl)ccc2-n2cc(Cl)nn2)CC1=O. The summed E-state index contributed by atoms with van der Waals surface area (Å²) in [7, 11) is 0. The summed E-state index contributed by atoms with van der Waals surface area (Å²) in [6, 6.07) is 9.57. The van der Waals surface area contributed by atoms with Crippen molar-refractivity contribution in [1.29, 1.82) is 0 Å². The van der Waals surface area contributed by atoms with Crippen molar-refractivity contribution >= 4 is 47.0 Å². The number of aldehydes is 1. The van der Waals surface area contributed by atoms with E-state index in [9.17, 15) is 18.8 Å². The summed E-state index contributed by atoms with van der Waals surface area (Å²) in [5.41, 5.74) is 1.49. The molecule has 11 heteroatoms. The van der Waals surface area contributed by atoms with Gasteiger partial charge < -0.3 is 9.69 Å². The quantitative estimate of drug-likeness (QED) is 0.511. The van der Waals surface area contributed by atoms with Gasteiger partial charge >= 0.3 is 0 Å². The van der Waals surface area contributed by atoms with E-state index in [1.807, 2.05) is 0 Å². The highest BCUT2D eigenvalue weighted by molar-refractivity contribution is 6.31. The molecule has 0 radical (unpaired) electrons. The minimum atomic E-state index is -0.855. The highest BCUT2D eigenvalue weighted by Crippen LogP contribution is 2.30. The van der Waals surface area contributed by atoms with Gasteiger partial charge in [-0.1, -0.05) is 40.5 Å². The molecule has 2 amide bonds. The molecule has 0 spiro atoms. The summed E-state index contributed by atoms with van der Waals surface area (Å²) in [5, 5.41) is 8.16. The Hall–Kier alpha value is -3.30. The van der Waals surface area contributed by atoms with E-state index in [1.165, 1.54) is 44.9 Å². The van der Waals surface area contributed by atoms with Crippen LogP contribution in [0.5, 0.6) is 0 Å². The van der Waals surface area contributed by atoms with Crippen LogP contribution in [-0.2, 0) is 20.8 Å². The van der Waals surface area contributed by atoms with E-state index < -0.39 is 23.7 Å². The fraction of sp³-hybridized carbons (Fsp3) is 0.190. The highest BCUT2D eigenvalue weighted by atomic mass is 35.5. The molecule has 32 heavy (non-hydrogen) atoms. The van der Waals surface area contributed by atoms with Crippen molar-refractivity contribution in [2.45, 2.75) is 12.5 Å². The van der Waals surface area contributed by atoms with Crippen LogP contribution in [-0.4, -0.2) is 57.1 Å². The average molecular weight is 476 g/mol. The molecule has 0 N–H and O–H groups in total. The van der Waals surface area contributed by atoms with Crippen LogP contribution in [0.4, 0.5) is 10.1 Å². The van der Waals surface area contributed by atoms with Crippen LogP contribution in [0.15, 0.2) is 48.7 Å². The number of carbonyl (C=O) groups excluding carboxylic acids is 3. The molecule has 2 aromatic carbocycles. The Morgan fingerprint density at radius 1 is 1.03 bits per heavy atom. The average Bonchev–Trinajstić information content (AvgIpc) is 3.21. The standard InChI is InChI=1S/C21H16Cl2FN5O3/c22-14-3-6-17(29-9-19(23)25-26-29)18(8-14)28-11-20(31)27(10-21(28)32)16(12-30)7-13-1-4-15(24)5-2-13/h1-6,8-9,12,16H,7,10-11H2. The maximum Gasteiger partial charge on any atom is 0.247 e. The zero-order valence-electron chi connectivity index (χ0n) is 16.5. The maximum atomic E-state index is 13.2. The van der Waals surface area contributed by atoms with E-state index in [0.29, 0.717) is 28.2 Å². The zero-order valence-corrected chi connectivity index (χ0v) is 18.0. The number of carbonyl (C=O) groups is 3. The summed E-state index contributed by atoms with van der Waals surface area (Å²) in [6.07, 6.45) is 2.25. The van der Waals surface area contributed by atoms with E-state index in [2.05, 4.69) is 10.3 Å². The van der Waals surface area contributed by atoms with Crippen molar-refractivity contribution < 1.29 is 18.8 Å². The van der Waals surface area contributed by atoms with Gasteiger partial charge in [-0.2, -0.15) is 0 Å². The van der Waals surface area contributed by atoms with Gasteiger partial charge in [0, 0.05) is 5.02 Å². The Balaban J connectivity index is 1.59. The maximum absolute atomic E-state index is 13.2. The normalized spacial score (nSPS) is 15.2. The molecule has 1 unspecified atom stereocenters. The lowest BCUT2D eigenvalue weighted by Crippen LogP contribution is -2.58. The third-order valence-electron chi connectivity index (χ3n) is 5.08. The first kappa shape index (κ1) is 21.9. The van der Waals surface area contributed by atoms with Crippen molar-refractivity contribution in [3.8, 4) is 5.69 Å². The first-order chi connectivity index (χ1) is 15.4. The summed E-state index contributed by atoms with van der Waals surface area (Å²) in [6.45, 7) is -0.587. The second-order valence-corrected chi connectivity index (χ2v) is 7.98. The predicted molar refractivity (Wildman–Crippen MR) is 115 cm³/mol. The van der Waals surface area contributed by atoms with Crippen molar-refractivity contribution in [1.82, 2.24) is 19.9 Å². The van der Waals surface area contributed by atoms with Crippen LogP contribution >= 0.6 is 23.2 Å². The van der Waals surface area contributed by atoms with Gasteiger partial charge in [-0.15, -0.1) is 5.10 Å². The number of halogens is 3. The number of anilines is 1. The molecular weight excluding hydrogens is 460 g/mol. The van der Waals surface area contributed by atoms with Gasteiger partial charge in [0.1, 0.15) is 25.2 Å². The molecule has 1 aliphatic rings. The van der Waals surface area contributed by atoms with Crippen LogP contribution in [0, 0.1) is 5.82 Å². The number of hydrogen-bond donors (Lipinski definition) is 0. The van der Waals surface area contributed by atoms with Crippen LogP contribution in [0.2, 0.25) is 10.2 Å². The van der Waals surface area contributed by atoms with Crippen LogP contribution in [0.1, 0.15) is 5.56 Å². The van der Waals surface area contributed by atoms with Crippen LogP contribution in [0.25, 0.3) is 5.69 Å². The van der Waals surface area contributed by atoms with Gasteiger partial charge in [0.15, 0.2) is 5.15 Å². The molecule has 3 aromatic rings. The highest BCUT2D eigenvalue weighted by Gasteiger charge is 2.36. The Bertz CT molecular complexity index is 1180. The minimum Gasteiger partial charge on any atom is -0.322 e. The molecule has 2 heterocycles. The lowest BCUT2D eigenvalue weighted by atomic mass is 10.0. The molecule has 0 aliphatic carbocycles. The number of benzene rings is 2.